The first-order chi connectivity index (χ1) is 12.6. The van der Waals surface area contributed by atoms with Crippen molar-refractivity contribution in [2.75, 3.05) is 26.8 Å². The minimum Gasteiger partial charge on any atom is -0.468 e. The monoisotopic (exact) mass is 353 g/mol. The van der Waals surface area contributed by atoms with Crippen molar-refractivity contribution in [1.82, 2.24) is 0 Å². The average molecular weight is 353 g/mol. The average Bonchev–Trinajstić information content (AvgIpc) is 3.24. The van der Waals surface area contributed by atoms with Gasteiger partial charge in [-0.3, -0.25) is 9.79 Å². The number of nitrogens with one attached hydrogen (secondary N) is 1. The van der Waals surface area contributed by atoms with Crippen LogP contribution in [0.1, 0.15) is 25.3 Å². The molecule has 3 fully saturated rings. The van der Waals surface area contributed by atoms with Crippen LogP contribution in [0.15, 0.2) is 40.9 Å². The molecule has 5 nitrogen and oxygen atoms in total. The molecule has 5 heteroatoms. The van der Waals surface area contributed by atoms with Crippen molar-refractivity contribution in [1.29, 1.82) is 0 Å². The molecular weight excluding hydrogens is 328 g/mol. The Hall–Kier alpha value is -1.98. The van der Waals surface area contributed by atoms with E-state index >= 15 is 0 Å². The number of nitrogens with zero attached hydrogens (tertiary/aromatic N) is 1. The number of esters is 1. The summed E-state index contributed by atoms with van der Waals surface area (Å²) in [4.78, 5) is 19.7. The molecule has 1 saturated carbocycles. The van der Waals surface area contributed by atoms with E-state index in [-0.39, 0.29) is 23.9 Å². The van der Waals surface area contributed by atoms with Crippen LogP contribution in [-0.2, 0) is 14.9 Å². The molecule has 1 spiro atoms. The first-order valence-corrected chi connectivity index (χ1v) is 9.51. The Bertz CT molecular complexity index is 861. The van der Waals surface area contributed by atoms with Gasteiger partial charge in [0, 0.05) is 18.8 Å². The van der Waals surface area contributed by atoms with Gasteiger partial charge in [0.1, 0.15) is 11.5 Å². The summed E-state index contributed by atoms with van der Waals surface area (Å²) in [7, 11) is 1.42. The number of carbonyl (C=O) groups is 1. The molecule has 4 aliphatic rings. The zero-order valence-corrected chi connectivity index (χ0v) is 15.3. The number of para-hydroxylation sites is 1. The molecule has 5 atom stereocenters. The predicted octanol–water partition coefficient (Wildman–Crippen LogP) is 0.799. The molecule has 1 unspecified atom stereocenters. The third-order valence-corrected chi connectivity index (χ3v) is 7.51. The topological polar surface area (TPSA) is 63.3 Å². The number of piperidine rings is 1. The van der Waals surface area contributed by atoms with E-state index in [4.69, 9.17) is 9.73 Å². The van der Waals surface area contributed by atoms with Crippen molar-refractivity contribution >= 4 is 17.4 Å². The lowest BCUT2D eigenvalue weighted by atomic mass is 9.50. The van der Waals surface area contributed by atoms with Crippen molar-refractivity contribution in [2.24, 2.45) is 16.3 Å². The Morgan fingerprint density at radius 1 is 1.46 bits per heavy atom. The summed E-state index contributed by atoms with van der Waals surface area (Å²) >= 11 is 0. The van der Waals surface area contributed by atoms with E-state index in [2.05, 4.69) is 18.2 Å². The van der Waals surface area contributed by atoms with Gasteiger partial charge in [-0.25, -0.2) is 0 Å². The predicted molar refractivity (Wildman–Crippen MR) is 97.7 cm³/mol. The van der Waals surface area contributed by atoms with Gasteiger partial charge in [0.15, 0.2) is 0 Å². The van der Waals surface area contributed by atoms with Gasteiger partial charge in [0.2, 0.25) is 0 Å². The fourth-order valence-electron chi connectivity index (χ4n) is 6.46. The molecule has 2 N–H and O–H groups in total. The number of hydrogen-bond acceptors (Lipinski definition) is 4. The fourth-order valence-corrected chi connectivity index (χ4v) is 6.46. The highest BCUT2D eigenvalue weighted by Gasteiger charge is 2.73. The van der Waals surface area contributed by atoms with Gasteiger partial charge in [0.05, 0.1) is 43.6 Å². The molecule has 0 radical (unpaired) electrons. The largest absolute Gasteiger partial charge is 0.468 e. The fraction of sp³-hybridized carbons (Fsp3) is 0.524. The second-order valence-electron chi connectivity index (χ2n) is 8.11. The van der Waals surface area contributed by atoms with Crippen LogP contribution in [-0.4, -0.2) is 49.6 Å². The van der Waals surface area contributed by atoms with Crippen LogP contribution in [0.25, 0.3) is 0 Å². The van der Waals surface area contributed by atoms with Crippen molar-refractivity contribution in [3.63, 3.8) is 0 Å². The van der Waals surface area contributed by atoms with Crippen LogP contribution in [0.5, 0.6) is 0 Å². The number of quaternary nitrogens is 1. The van der Waals surface area contributed by atoms with Crippen molar-refractivity contribution < 1.29 is 19.5 Å². The van der Waals surface area contributed by atoms with Crippen LogP contribution >= 0.6 is 0 Å². The zero-order valence-electron chi connectivity index (χ0n) is 15.3. The van der Waals surface area contributed by atoms with Crippen molar-refractivity contribution in [3.8, 4) is 0 Å². The third kappa shape index (κ3) is 1.60. The van der Waals surface area contributed by atoms with Gasteiger partial charge >= 0.3 is 5.97 Å². The standard InChI is InChI=1S/C21H24N2O3/c1-3-13-11-23-9-8-20-14-6-4-5-7-16(14)22-18(20)21(12-24,19(25)26-2)15(13)10-17(20)23/h3-7,15,17,24H,8-12H2,1-2H3/p+1/b13-3-/t15-,17-,20+,21-/m0/s1. The molecule has 5 rings (SSSR count). The van der Waals surface area contributed by atoms with Gasteiger partial charge in [0.25, 0.3) is 0 Å². The molecule has 0 amide bonds. The minimum atomic E-state index is -1.07. The summed E-state index contributed by atoms with van der Waals surface area (Å²) < 4.78 is 5.26. The van der Waals surface area contributed by atoms with Gasteiger partial charge < -0.3 is 14.7 Å². The first-order valence-electron chi connectivity index (χ1n) is 9.51. The van der Waals surface area contributed by atoms with Crippen LogP contribution in [0.4, 0.5) is 5.69 Å². The summed E-state index contributed by atoms with van der Waals surface area (Å²) in [6.45, 7) is 3.81. The Morgan fingerprint density at radius 3 is 3.00 bits per heavy atom. The van der Waals surface area contributed by atoms with E-state index in [9.17, 15) is 9.90 Å². The number of carbonyl (C=O) groups excluding carboxylic acids is 1. The molecule has 3 aliphatic heterocycles. The van der Waals surface area contributed by atoms with E-state index in [0.29, 0.717) is 6.04 Å². The first kappa shape index (κ1) is 16.2. The summed E-state index contributed by atoms with van der Waals surface area (Å²) in [5.74, 6) is -0.373. The van der Waals surface area contributed by atoms with E-state index in [0.717, 1.165) is 37.3 Å². The number of ether oxygens (including phenoxy) is 1. The van der Waals surface area contributed by atoms with E-state index in [1.165, 1.54) is 18.2 Å². The highest BCUT2D eigenvalue weighted by Crippen LogP contribution is 2.59. The summed E-state index contributed by atoms with van der Waals surface area (Å²) in [6, 6.07) is 8.68. The Kier molecular flexibility index (Phi) is 3.29. The molecule has 2 bridgehead atoms. The summed E-state index contributed by atoms with van der Waals surface area (Å²) in [6.07, 6.45) is 4.01. The smallest absolute Gasteiger partial charge is 0.320 e. The normalized spacial score (nSPS) is 40.8. The Balaban J connectivity index is 1.83. The van der Waals surface area contributed by atoms with E-state index in [1.807, 2.05) is 19.1 Å². The molecule has 0 aromatic heterocycles. The van der Waals surface area contributed by atoms with E-state index in [1.54, 1.807) is 4.90 Å². The molecule has 26 heavy (non-hydrogen) atoms. The molecule has 3 heterocycles. The lowest BCUT2D eigenvalue weighted by Gasteiger charge is -2.53. The highest BCUT2D eigenvalue weighted by molar-refractivity contribution is 6.17. The molecule has 1 aromatic carbocycles. The Morgan fingerprint density at radius 2 is 2.27 bits per heavy atom. The van der Waals surface area contributed by atoms with Gasteiger partial charge in [-0.05, 0) is 24.1 Å². The van der Waals surface area contributed by atoms with Crippen LogP contribution < -0.4 is 4.90 Å². The molecule has 1 aromatic rings. The maximum atomic E-state index is 13.1. The quantitative estimate of drug-likeness (QED) is 0.611. The minimum absolute atomic E-state index is 0.0296. The highest BCUT2D eigenvalue weighted by atomic mass is 16.5. The number of aliphatic hydroxyl groups is 1. The number of rotatable bonds is 2. The van der Waals surface area contributed by atoms with Gasteiger partial charge in [-0.15, -0.1) is 0 Å². The lowest BCUT2D eigenvalue weighted by molar-refractivity contribution is -0.915. The number of methoxy groups -OCH3 is 1. The number of aliphatic hydroxyl groups excluding tert-OH is 1. The lowest BCUT2D eigenvalue weighted by Crippen LogP contribution is -3.16. The second-order valence-corrected chi connectivity index (χ2v) is 8.11. The van der Waals surface area contributed by atoms with Gasteiger partial charge in [-0.1, -0.05) is 24.3 Å². The number of allylic oxidation sites excluding steroid dienone is 1. The molecular formula is C21H25N2O3+. The SMILES string of the molecule is C/C=C1/C[NH+]2CC[C@@]34C(=Nc5ccccc53)[C@@](CO)(C(=O)OC)[C@H]1C[C@H]24. The Labute approximate surface area is 153 Å². The van der Waals surface area contributed by atoms with Gasteiger partial charge in [-0.2, -0.15) is 0 Å². The number of fused-ring (bicyclic) bond motifs is 2. The summed E-state index contributed by atoms with van der Waals surface area (Å²) in [5, 5.41) is 10.6. The van der Waals surface area contributed by atoms with Crippen LogP contribution in [0, 0.1) is 11.3 Å². The zero-order chi connectivity index (χ0) is 18.1. The molecule has 136 valence electrons. The van der Waals surface area contributed by atoms with Crippen LogP contribution in [0.2, 0.25) is 0 Å². The molecule has 1 aliphatic carbocycles. The van der Waals surface area contributed by atoms with Crippen molar-refractivity contribution in [3.05, 3.63) is 41.5 Å². The number of hydrogen-bond donors (Lipinski definition) is 2. The van der Waals surface area contributed by atoms with Crippen LogP contribution in [0.3, 0.4) is 0 Å². The number of benzene rings is 1. The second kappa shape index (κ2) is 5.27. The van der Waals surface area contributed by atoms with Crippen molar-refractivity contribution in [2.45, 2.75) is 31.2 Å². The maximum absolute atomic E-state index is 13.1. The third-order valence-electron chi connectivity index (χ3n) is 7.51. The summed E-state index contributed by atoms with van der Waals surface area (Å²) in [5.41, 5.74) is 3.00. The maximum Gasteiger partial charge on any atom is 0.320 e. The van der Waals surface area contributed by atoms with E-state index < -0.39 is 5.41 Å². The number of aliphatic imine (C=N–C) groups is 1. The molecule has 2 saturated heterocycles.